The van der Waals surface area contributed by atoms with Crippen LogP contribution in [0.3, 0.4) is 0 Å². The number of aryl methyl sites for hydroxylation is 2. The maximum absolute atomic E-state index is 9.13. The Balaban J connectivity index is 1.60. The first-order valence-electron chi connectivity index (χ1n) is 8.69. The number of hydrogen-bond donors (Lipinski definition) is 2. The molecule has 3 rings (SSSR count). The fourth-order valence-electron chi connectivity index (χ4n) is 3.50. The van der Waals surface area contributed by atoms with Gasteiger partial charge in [-0.3, -0.25) is 9.36 Å². The molecule has 132 valence electrons. The topological polar surface area (TPSA) is 71.1 Å². The molecule has 2 aromatic heterocycles. The molecule has 3 heterocycles. The smallest absolute Gasteiger partial charge is 0.0752 e. The van der Waals surface area contributed by atoms with Crippen LogP contribution < -0.4 is 10.2 Å². The molecular weight excluding hydrogens is 304 g/mol. The van der Waals surface area contributed by atoms with E-state index in [1.165, 1.54) is 24.1 Å². The Bertz CT molecular complexity index is 677. The van der Waals surface area contributed by atoms with Gasteiger partial charge in [-0.2, -0.15) is 10.2 Å². The van der Waals surface area contributed by atoms with Crippen molar-refractivity contribution in [3.05, 3.63) is 29.3 Å². The molecule has 0 amide bonds. The lowest BCUT2D eigenvalue weighted by atomic mass is 10.0. The van der Waals surface area contributed by atoms with Crippen LogP contribution in [-0.4, -0.2) is 50.4 Å². The second-order valence-corrected chi connectivity index (χ2v) is 6.63. The Hall–Kier alpha value is -1.86. The average molecular weight is 332 g/mol. The van der Waals surface area contributed by atoms with Crippen molar-refractivity contribution in [3.63, 3.8) is 0 Å². The van der Waals surface area contributed by atoms with Gasteiger partial charge >= 0.3 is 0 Å². The zero-order valence-electron chi connectivity index (χ0n) is 14.9. The van der Waals surface area contributed by atoms with Crippen LogP contribution in [0, 0.1) is 13.8 Å². The Morgan fingerprint density at radius 1 is 1.38 bits per heavy atom. The van der Waals surface area contributed by atoms with Gasteiger partial charge in [-0.1, -0.05) is 0 Å². The van der Waals surface area contributed by atoms with Gasteiger partial charge in [0.05, 0.1) is 30.7 Å². The van der Waals surface area contributed by atoms with E-state index < -0.39 is 0 Å². The van der Waals surface area contributed by atoms with Crippen LogP contribution in [0.2, 0.25) is 0 Å². The van der Waals surface area contributed by atoms with E-state index in [4.69, 9.17) is 5.11 Å². The van der Waals surface area contributed by atoms with Crippen LogP contribution in [-0.2, 0) is 20.1 Å². The highest BCUT2D eigenvalue weighted by Crippen LogP contribution is 2.20. The minimum absolute atomic E-state index is 0.123. The fraction of sp³-hybridized carbons (Fsp3) is 0.647. The van der Waals surface area contributed by atoms with Crippen molar-refractivity contribution < 1.29 is 5.11 Å². The zero-order valence-corrected chi connectivity index (χ0v) is 14.9. The van der Waals surface area contributed by atoms with Gasteiger partial charge in [0.2, 0.25) is 0 Å². The molecule has 1 fully saturated rings. The minimum Gasteiger partial charge on any atom is -0.394 e. The van der Waals surface area contributed by atoms with E-state index >= 15 is 0 Å². The van der Waals surface area contributed by atoms with E-state index in [9.17, 15) is 0 Å². The van der Waals surface area contributed by atoms with Crippen molar-refractivity contribution in [1.82, 2.24) is 24.9 Å². The predicted octanol–water partition coefficient (Wildman–Crippen LogP) is 0.984. The van der Waals surface area contributed by atoms with E-state index in [0.29, 0.717) is 12.6 Å². The predicted molar refractivity (Wildman–Crippen MR) is 94.1 cm³/mol. The second kappa shape index (κ2) is 7.36. The Morgan fingerprint density at radius 2 is 2.21 bits per heavy atom. The van der Waals surface area contributed by atoms with Gasteiger partial charge in [0.25, 0.3) is 0 Å². The van der Waals surface area contributed by atoms with Gasteiger partial charge in [-0.25, -0.2) is 0 Å². The summed E-state index contributed by atoms with van der Waals surface area (Å²) in [6, 6.07) is 0.471. The van der Waals surface area contributed by atoms with E-state index in [0.717, 1.165) is 31.0 Å². The lowest BCUT2D eigenvalue weighted by Gasteiger charge is -2.34. The largest absolute Gasteiger partial charge is 0.394 e. The number of nitrogens with zero attached hydrogens (tertiary/aromatic N) is 5. The summed E-state index contributed by atoms with van der Waals surface area (Å²) in [6.45, 7) is 7.73. The molecule has 7 nitrogen and oxygen atoms in total. The van der Waals surface area contributed by atoms with Crippen molar-refractivity contribution in [1.29, 1.82) is 0 Å². The first-order chi connectivity index (χ1) is 11.6. The molecule has 1 aliphatic rings. The van der Waals surface area contributed by atoms with Gasteiger partial charge in [0.1, 0.15) is 0 Å². The molecule has 0 radical (unpaired) electrons. The van der Waals surface area contributed by atoms with Gasteiger partial charge in [0.15, 0.2) is 0 Å². The van der Waals surface area contributed by atoms with E-state index in [1.54, 1.807) is 0 Å². The molecule has 1 atom stereocenters. The quantitative estimate of drug-likeness (QED) is 0.825. The van der Waals surface area contributed by atoms with E-state index in [2.05, 4.69) is 33.5 Å². The van der Waals surface area contributed by atoms with Gasteiger partial charge < -0.3 is 15.3 Å². The molecule has 0 saturated carbocycles. The summed E-state index contributed by atoms with van der Waals surface area (Å²) in [5, 5.41) is 21.6. The standard InChI is InChI=1S/C17H28N6O/c1-13-17(14(2)23(20-13)7-8-24)10-18-15-5-4-6-22(11-15)16-9-19-21(3)12-16/h9,12,15,18,24H,4-8,10-11H2,1-3H3. The van der Waals surface area contributed by atoms with Crippen molar-refractivity contribution in [2.75, 3.05) is 24.6 Å². The Morgan fingerprint density at radius 3 is 2.92 bits per heavy atom. The summed E-state index contributed by atoms with van der Waals surface area (Å²) < 4.78 is 3.75. The molecule has 2 N–H and O–H groups in total. The summed E-state index contributed by atoms with van der Waals surface area (Å²) in [7, 11) is 1.96. The number of piperidine rings is 1. The molecule has 24 heavy (non-hydrogen) atoms. The number of rotatable bonds is 6. The molecule has 1 saturated heterocycles. The summed E-state index contributed by atoms with van der Waals surface area (Å²) in [4.78, 5) is 2.41. The lowest BCUT2D eigenvalue weighted by molar-refractivity contribution is 0.267. The summed E-state index contributed by atoms with van der Waals surface area (Å²) in [6.07, 6.45) is 6.40. The number of hydrogen-bond acceptors (Lipinski definition) is 5. The summed E-state index contributed by atoms with van der Waals surface area (Å²) in [5.74, 6) is 0. The highest BCUT2D eigenvalue weighted by atomic mass is 16.3. The van der Waals surface area contributed by atoms with Crippen LogP contribution in [0.25, 0.3) is 0 Å². The summed E-state index contributed by atoms with van der Waals surface area (Å²) in [5.41, 5.74) is 4.65. The Kier molecular flexibility index (Phi) is 5.20. The minimum atomic E-state index is 0.123. The number of nitrogens with one attached hydrogen (secondary N) is 1. The molecular formula is C17H28N6O. The number of anilines is 1. The Labute approximate surface area is 143 Å². The van der Waals surface area contributed by atoms with Crippen molar-refractivity contribution in [3.8, 4) is 0 Å². The second-order valence-electron chi connectivity index (χ2n) is 6.63. The number of aliphatic hydroxyl groups excluding tert-OH is 1. The molecule has 0 spiro atoms. The van der Waals surface area contributed by atoms with E-state index in [1.807, 2.05) is 29.5 Å². The van der Waals surface area contributed by atoms with E-state index in [-0.39, 0.29) is 6.61 Å². The first-order valence-corrected chi connectivity index (χ1v) is 8.69. The number of aromatic nitrogens is 4. The lowest BCUT2D eigenvalue weighted by Crippen LogP contribution is -2.45. The fourth-order valence-corrected chi connectivity index (χ4v) is 3.50. The zero-order chi connectivity index (χ0) is 17.1. The molecule has 0 bridgehead atoms. The van der Waals surface area contributed by atoms with Gasteiger partial charge in [0, 0.05) is 50.2 Å². The SMILES string of the molecule is Cc1nn(CCO)c(C)c1CNC1CCCN(c2cnn(C)c2)C1. The highest BCUT2D eigenvalue weighted by Gasteiger charge is 2.21. The summed E-state index contributed by atoms with van der Waals surface area (Å²) >= 11 is 0. The molecule has 1 aliphatic heterocycles. The first kappa shape index (κ1) is 17.0. The monoisotopic (exact) mass is 332 g/mol. The third kappa shape index (κ3) is 3.62. The van der Waals surface area contributed by atoms with Crippen molar-refractivity contribution >= 4 is 5.69 Å². The third-order valence-corrected chi connectivity index (χ3v) is 4.89. The number of aliphatic hydroxyl groups is 1. The van der Waals surface area contributed by atoms with Gasteiger partial charge in [-0.15, -0.1) is 0 Å². The van der Waals surface area contributed by atoms with Crippen LogP contribution in [0.1, 0.15) is 29.8 Å². The van der Waals surface area contributed by atoms with Crippen LogP contribution >= 0.6 is 0 Å². The van der Waals surface area contributed by atoms with Crippen LogP contribution in [0.4, 0.5) is 5.69 Å². The van der Waals surface area contributed by atoms with Crippen molar-refractivity contribution in [2.24, 2.45) is 7.05 Å². The maximum atomic E-state index is 9.13. The average Bonchev–Trinajstić information content (AvgIpc) is 3.11. The van der Waals surface area contributed by atoms with Crippen LogP contribution in [0.5, 0.6) is 0 Å². The maximum Gasteiger partial charge on any atom is 0.0752 e. The van der Waals surface area contributed by atoms with Crippen LogP contribution in [0.15, 0.2) is 12.4 Å². The molecule has 2 aromatic rings. The molecule has 7 heteroatoms. The molecule has 0 aliphatic carbocycles. The molecule has 1 unspecified atom stereocenters. The van der Waals surface area contributed by atoms with Gasteiger partial charge in [-0.05, 0) is 26.7 Å². The van der Waals surface area contributed by atoms with Crippen molar-refractivity contribution in [2.45, 2.75) is 45.8 Å². The third-order valence-electron chi connectivity index (χ3n) is 4.89. The highest BCUT2D eigenvalue weighted by molar-refractivity contribution is 5.43. The normalized spacial score (nSPS) is 18.3. The molecule has 0 aromatic carbocycles.